The minimum absolute atomic E-state index is 0.271. The number of allylic oxidation sites excluding steroid dienone is 1. The fourth-order valence-corrected chi connectivity index (χ4v) is 3.07. The van der Waals surface area contributed by atoms with Crippen LogP contribution in [0, 0.1) is 0 Å². The van der Waals surface area contributed by atoms with Crippen molar-refractivity contribution in [2.75, 3.05) is 0 Å². The average molecular weight is 304 g/mol. The smallest absolute Gasteiger partial charge is 0.228 e. The molecule has 4 nitrogen and oxygen atoms in total. The number of ketones is 1. The highest BCUT2D eigenvalue weighted by molar-refractivity contribution is 6.25. The van der Waals surface area contributed by atoms with Crippen LogP contribution in [0.25, 0.3) is 28.0 Å². The summed E-state index contributed by atoms with van der Waals surface area (Å²) in [5, 5.41) is 30.8. The molecule has 0 unspecified atom stereocenters. The van der Waals surface area contributed by atoms with Crippen molar-refractivity contribution >= 4 is 22.6 Å². The van der Waals surface area contributed by atoms with Crippen molar-refractivity contribution in [1.29, 1.82) is 0 Å². The van der Waals surface area contributed by atoms with Gasteiger partial charge in [-0.1, -0.05) is 36.4 Å². The Morgan fingerprint density at radius 3 is 2.35 bits per heavy atom. The Hall–Kier alpha value is -3.27. The van der Waals surface area contributed by atoms with Crippen LogP contribution in [0.15, 0.2) is 54.3 Å². The molecule has 0 bridgehead atoms. The van der Waals surface area contributed by atoms with E-state index in [9.17, 15) is 20.1 Å². The van der Waals surface area contributed by atoms with E-state index in [1.165, 1.54) is 12.1 Å². The molecule has 3 aromatic carbocycles. The number of phenols is 2. The maximum Gasteiger partial charge on any atom is 0.228 e. The van der Waals surface area contributed by atoms with Crippen molar-refractivity contribution in [3.63, 3.8) is 0 Å². The van der Waals surface area contributed by atoms with Gasteiger partial charge in [0.2, 0.25) is 5.78 Å². The molecule has 0 heterocycles. The van der Waals surface area contributed by atoms with Gasteiger partial charge in [0.05, 0.1) is 0 Å². The van der Waals surface area contributed by atoms with Crippen molar-refractivity contribution in [2.45, 2.75) is 0 Å². The quantitative estimate of drug-likeness (QED) is 0.593. The summed E-state index contributed by atoms with van der Waals surface area (Å²) >= 11 is 0. The number of aliphatic hydroxyl groups excluding tert-OH is 1. The lowest BCUT2D eigenvalue weighted by Crippen LogP contribution is -2.10. The number of phenolic OH excluding ortho intramolecular Hbond substituents is 2. The van der Waals surface area contributed by atoms with Crippen LogP contribution in [-0.2, 0) is 0 Å². The summed E-state index contributed by atoms with van der Waals surface area (Å²) in [6.07, 6.45) is 1.31. The number of carbonyl (C=O) groups excluding carboxylic acids is 1. The monoisotopic (exact) mass is 304 g/mol. The zero-order valence-electron chi connectivity index (χ0n) is 11.9. The molecule has 4 rings (SSSR count). The summed E-state index contributed by atoms with van der Waals surface area (Å²) < 4.78 is 0. The van der Waals surface area contributed by atoms with Gasteiger partial charge in [0.25, 0.3) is 0 Å². The van der Waals surface area contributed by atoms with E-state index in [2.05, 4.69) is 0 Å². The Kier molecular flexibility index (Phi) is 2.69. The Labute approximate surface area is 131 Å². The number of benzene rings is 3. The fourth-order valence-electron chi connectivity index (χ4n) is 3.07. The highest BCUT2D eigenvalue weighted by Gasteiger charge is 2.27. The largest absolute Gasteiger partial charge is 0.504 e. The van der Waals surface area contributed by atoms with Crippen molar-refractivity contribution in [1.82, 2.24) is 0 Å². The molecular formula is C19H12O4. The number of Topliss-reactive ketones (excluding diaryl/α,β-unsaturated/α-hetero) is 1. The summed E-state index contributed by atoms with van der Waals surface area (Å²) in [6, 6.07) is 14.1. The molecule has 4 heteroatoms. The lowest BCUT2D eigenvalue weighted by atomic mass is 9.85. The number of hydrogen-bond acceptors (Lipinski definition) is 4. The Balaban J connectivity index is 2.19. The van der Waals surface area contributed by atoms with Gasteiger partial charge < -0.3 is 15.3 Å². The molecule has 0 atom stereocenters. The maximum absolute atomic E-state index is 12.5. The molecule has 0 radical (unpaired) electrons. The second-order valence-corrected chi connectivity index (χ2v) is 5.47. The van der Waals surface area contributed by atoms with Crippen LogP contribution >= 0.6 is 0 Å². The second-order valence-electron chi connectivity index (χ2n) is 5.47. The molecule has 1 aliphatic carbocycles. The zero-order chi connectivity index (χ0) is 16.1. The highest BCUT2D eigenvalue weighted by atomic mass is 16.3. The molecule has 0 amide bonds. The Morgan fingerprint density at radius 2 is 1.61 bits per heavy atom. The van der Waals surface area contributed by atoms with Crippen molar-refractivity contribution in [2.24, 2.45) is 0 Å². The zero-order valence-corrected chi connectivity index (χ0v) is 11.9. The number of hydrogen-bond donors (Lipinski definition) is 3. The molecule has 0 spiro atoms. The van der Waals surface area contributed by atoms with Gasteiger partial charge in [0, 0.05) is 16.3 Å². The van der Waals surface area contributed by atoms with Gasteiger partial charge >= 0.3 is 0 Å². The molecule has 0 fully saturated rings. The van der Waals surface area contributed by atoms with Crippen LogP contribution in [0.3, 0.4) is 0 Å². The third-order valence-electron chi connectivity index (χ3n) is 4.12. The third-order valence-corrected chi connectivity index (χ3v) is 4.12. The summed E-state index contributed by atoms with van der Waals surface area (Å²) in [4.78, 5) is 12.5. The average Bonchev–Trinajstić information content (AvgIpc) is 2.57. The van der Waals surface area contributed by atoms with Crippen LogP contribution in [0.2, 0.25) is 0 Å². The minimum atomic E-state index is -0.493. The lowest BCUT2D eigenvalue weighted by molar-refractivity contribution is 0.0981. The third kappa shape index (κ3) is 1.82. The van der Waals surface area contributed by atoms with E-state index in [0.717, 1.165) is 5.56 Å². The van der Waals surface area contributed by atoms with E-state index in [4.69, 9.17) is 0 Å². The summed E-state index contributed by atoms with van der Waals surface area (Å²) in [5.41, 5.74) is 2.35. The topological polar surface area (TPSA) is 77.8 Å². The highest BCUT2D eigenvalue weighted by Crippen LogP contribution is 2.44. The van der Waals surface area contributed by atoms with E-state index in [1.807, 2.05) is 30.3 Å². The molecule has 3 aromatic rings. The van der Waals surface area contributed by atoms with Gasteiger partial charge in [-0.3, -0.25) is 4.79 Å². The van der Waals surface area contributed by atoms with Gasteiger partial charge in [0.1, 0.15) is 0 Å². The molecule has 0 aromatic heterocycles. The predicted molar refractivity (Wildman–Crippen MR) is 87.6 cm³/mol. The van der Waals surface area contributed by atoms with Crippen molar-refractivity contribution in [3.05, 3.63) is 65.4 Å². The summed E-state index contributed by atoms with van der Waals surface area (Å²) in [5.74, 6) is -1.43. The first kappa shape index (κ1) is 13.4. The van der Waals surface area contributed by atoms with Gasteiger partial charge in [-0.15, -0.1) is 0 Å². The first-order valence-electron chi connectivity index (χ1n) is 7.10. The lowest BCUT2D eigenvalue weighted by Gasteiger charge is -2.19. The van der Waals surface area contributed by atoms with E-state index in [1.54, 1.807) is 12.1 Å². The number of carbonyl (C=O) groups is 1. The minimum Gasteiger partial charge on any atom is -0.504 e. The summed E-state index contributed by atoms with van der Waals surface area (Å²) in [7, 11) is 0. The van der Waals surface area contributed by atoms with E-state index in [0.29, 0.717) is 27.5 Å². The predicted octanol–water partition coefficient (Wildman–Crippen LogP) is 4.01. The molecule has 112 valence electrons. The van der Waals surface area contributed by atoms with Crippen LogP contribution in [0.1, 0.15) is 15.9 Å². The molecule has 0 aliphatic heterocycles. The molecule has 0 saturated heterocycles. The number of aromatic hydroxyl groups is 2. The van der Waals surface area contributed by atoms with Crippen LogP contribution in [-0.4, -0.2) is 21.1 Å². The van der Waals surface area contributed by atoms with E-state index < -0.39 is 5.78 Å². The number of aliphatic hydroxyl groups is 1. The molecule has 0 saturated carbocycles. The van der Waals surface area contributed by atoms with Crippen LogP contribution in [0.5, 0.6) is 11.5 Å². The summed E-state index contributed by atoms with van der Waals surface area (Å²) in [6.45, 7) is 0. The molecule has 3 N–H and O–H groups in total. The SMILES string of the molecule is O=C1C(O)=Cc2cc(O)c(O)c3ccc(-c4ccccc4)c1c23. The molecular weight excluding hydrogens is 292 g/mol. The molecule has 1 aliphatic rings. The second kappa shape index (κ2) is 4.61. The maximum atomic E-state index is 12.5. The standard InChI is InChI=1S/C19H12O4/c20-14-8-11-9-15(21)19(23)17-12(10-4-2-1-3-5-10)6-7-13(16(11)17)18(14)22/h1-9,20-22H. The Morgan fingerprint density at radius 1 is 0.870 bits per heavy atom. The Bertz CT molecular complexity index is 1000. The molecule has 23 heavy (non-hydrogen) atoms. The van der Waals surface area contributed by atoms with Gasteiger partial charge in [0.15, 0.2) is 17.3 Å². The first-order chi connectivity index (χ1) is 11.1. The van der Waals surface area contributed by atoms with Crippen molar-refractivity contribution < 1.29 is 20.1 Å². The van der Waals surface area contributed by atoms with E-state index >= 15 is 0 Å². The van der Waals surface area contributed by atoms with Gasteiger partial charge in [-0.2, -0.15) is 0 Å². The van der Waals surface area contributed by atoms with Crippen LogP contribution < -0.4 is 0 Å². The van der Waals surface area contributed by atoms with E-state index in [-0.39, 0.29) is 17.3 Å². The van der Waals surface area contributed by atoms with Gasteiger partial charge in [-0.05, 0) is 34.9 Å². The number of rotatable bonds is 1. The fraction of sp³-hybridized carbons (Fsp3) is 0. The first-order valence-corrected chi connectivity index (χ1v) is 7.10. The van der Waals surface area contributed by atoms with Crippen LogP contribution in [0.4, 0.5) is 0 Å². The normalized spacial score (nSPS) is 13.2. The van der Waals surface area contributed by atoms with Gasteiger partial charge in [-0.25, -0.2) is 0 Å². The van der Waals surface area contributed by atoms with Crippen molar-refractivity contribution in [3.8, 4) is 22.6 Å².